The van der Waals surface area contributed by atoms with E-state index < -0.39 is 0 Å². The Morgan fingerprint density at radius 3 is 2.67 bits per heavy atom. The van der Waals surface area contributed by atoms with Gasteiger partial charge in [0.2, 0.25) is 5.91 Å². The Hall–Kier alpha value is -3.23. The molecule has 2 N–H and O–H groups in total. The van der Waals surface area contributed by atoms with Gasteiger partial charge in [-0.15, -0.1) is 0 Å². The Morgan fingerprint density at radius 2 is 2.03 bits per heavy atom. The zero-order chi connectivity index (χ0) is 21.1. The van der Waals surface area contributed by atoms with Gasteiger partial charge < -0.3 is 24.8 Å². The van der Waals surface area contributed by atoms with Crippen LogP contribution in [0.1, 0.15) is 23.3 Å². The molecule has 3 heterocycles. The SMILES string of the molecule is COCC(=O)Nc1ccc(N2C(=S)N[C@H](c3ccccn3)[C@@H]2c2ccn(C)c2)cc1. The van der Waals surface area contributed by atoms with Crippen molar-refractivity contribution in [2.75, 3.05) is 23.9 Å². The second kappa shape index (κ2) is 8.64. The summed E-state index contributed by atoms with van der Waals surface area (Å²) in [7, 11) is 3.49. The molecule has 0 aliphatic carbocycles. The van der Waals surface area contributed by atoms with Gasteiger partial charge in [0.05, 0.1) is 17.8 Å². The third kappa shape index (κ3) is 4.05. The lowest BCUT2D eigenvalue weighted by Gasteiger charge is -2.27. The van der Waals surface area contributed by atoms with Crippen LogP contribution < -0.4 is 15.5 Å². The fraction of sp³-hybridized carbons (Fsp3) is 0.227. The molecule has 1 fully saturated rings. The number of pyridine rings is 1. The van der Waals surface area contributed by atoms with E-state index in [0.717, 1.165) is 16.9 Å². The summed E-state index contributed by atoms with van der Waals surface area (Å²) >= 11 is 5.71. The number of rotatable bonds is 6. The van der Waals surface area contributed by atoms with Crippen molar-refractivity contribution in [3.8, 4) is 0 Å². The predicted octanol–water partition coefficient (Wildman–Crippen LogP) is 3.18. The molecule has 30 heavy (non-hydrogen) atoms. The number of carbonyl (C=O) groups excluding carboxylic acids is 1. The first kappa shape index (κ1) is 20.1. The third-order valence-corrected chi connectivity index (χ3v) is 5.31. The van der Waals surface area contributed by atoms with Gasteiger partial charge in [0.15, 0.2) is 5.11 Å². The minimum Gasteiger partial charge on any atom is -0.375 e. The number of aromatic nitrogens is 2. The predicted molar refractivity (Wildman–Crippen MR) is 120 cm³/mol. The van der Waals surface area contributed by atoms with E-state index in [1.807, 2.05) is 60.3 Å². The first-order chi connectivity index (χ1) is 14.6. The van der Waals surface area contributed by atoms with Crippen molar-refractivity contribution in [1.82, 2.24) is 14.9 Å². The minimum absolute atomic E-state index is 0.0176. The minimum atomic E-state index is -0.194. The normalized spacial score (nSPS) is 18.3. The van der Waals surface area contributed by atoms with Crippen molar-refractivity contribution in [3.63, 3.8) is 0 Å². The number of carbonyl (C=O) groups is 1. The van der Waals surface area contributed by atoms with Crippen LogP contribution in [0.2, 0.25) is 0 Å². The lowest BCUT2D eigenvalue weighted by Crippen LogP contribution is -2.29. The number of benzene rings is 1. The number of aryl methyl sites for hydroxylation is 1. The number of hydrogen-bond donors (Lipinski definition) is 2. The van der Waals surface area contributed by atoms with Crippen LogP contribution in [-0.2, 0) is 16.6 Å². The van der Waals surface area contributed by atoms with Crippen LogP contribution >= 0.6 is 12.2 Å². The molecule has 0 radical (unpaired) electrons. The molecule has 2 atom stereocenters. The van der Waals surface area contributed by atoms with Crippen molar-refractivity contribution < 1.29 is 9.53 Å². The Bertz CT molecular complexity index is 1040. The number of hydrogen-bond acceptors (Lipinski definition) is 4. The van der Waals surface area contributed by atoms with Crippen molar-refractivity contribution >= 4 is 34.6 Å². The van der Waals surface area contributed by atoms with Gasteiger partial charge in [-0.05, 0) is 60.2 Å². The van der Waals surface area contributed by atoms with E-state index in [4.69, 9.17) is 17.0 Å². The van der Waals surface area contributed by atoms with Gasteiger partial charge in [-0.2, -0.15) is 0 Å². The van der Waals surface area contributed by atoms with Gasteiger partial charge in [0.25, 0.3) is 0 Å². The van der Waals surface area contributed by atoms with E-state index in [-0.39, 0.29) is 24.6 Å². The summed E-state index contributed by atoms with van der Waals surface area (Å²) < 4.78 is 6.89. The number of nitrogens with one attached hydrogen (secondary N) is 2. The third-order valence-electron chi connectivity index (χ3n) is 5.00. The number of anilines is 2. The molecule has 0 unspecified atom stereocenters. The fourth-order valence-corrected chi connectivity index (χ4v) is 4.05. The summed E-state index contributed by atoms with van der Waals surface area (Å²) in [5.74, 6) is -0.194. The number of amides is 1. The molecular formula is C22H23N5O2S. The molecule has 0 spiro atoms. The lowest BCUT2D eigenvalue weighted by atomic mass is 9.98. The second-order valence-corrected chi connectivity index (χ2v) is 7.52. The highest BCUT2D eigenvalue weighted by Gasteiger charge is 2.40. The summed E-state index contributed by atoms with van der Waals surface area (Å²) in [5, 5.41) is 6.88. The van der Waals surface area contributed by atoms with Crippen LogP contribution in [0, 0.1) is 0 Å². The van der Waals surface area contributed by atoms with E-state index in [9.17, 15) is 4.79 Å². The average Bonchev–Trinajstić information content (AvgIpc) is 3.32. The molecule has 1 saturated heterocycles. The Balaban J connectivity index is 1.67. The highest BCUT2D eigenvalue weighted by molar-refractivity contribution is 7.80. The van der Waals surface area contributed by atoms with Crippen LogP contribution in [0.25, 0.3) is 0 Å². The van der Waals surface area contributed by atoms with Crippen molar-refractivity contribution in [1.29, 1.82) is 0 Å². The molecule has 0 bridgehead atoms. The summed E-state index contributed by atoms with van der Waals surface area (Å²) in [6.45, 7) is 0.0176. The van der Waals surface area contributed by atoms with E-state index in [1.165, 1.54) is 7.11 Å². The first-order valence-corrected chi connectivity index (χ1v) is 9.99. The van der Waals surface area contributed by atoms with E-state index >= 15 is 0 Å². The van der Waals surface area contributed by atoms with Gasteiger partial charge in [0.1, 0.15) is 6.61 Å². The highest BCUT2D eigenvalue weighted by atomic mass is 32.1. The van der Waals surface area contributed by atoms with E-state index in [1.54, 1.807) is 6.20 Å². The monoisotopic (exact) mass is 421 g/mol. The Labute approximate surface area is 180 Å². The molecular weight excluding hydrogens is 398 g/mol. The number of methoxy groups -OCH3 is 1. The van der Waals surface area contributed by atoms with Gasteiger partial charge in [-0.3, -0.25) is 9.78 Å². The topological polar surface area (TPSA) is 71.4 Å². The van der Waals surface area contributed by atoms with Crippen LogP contribution in [0.3, 0.4) is 0 Å². The summed E-state index contributed by atoms with van der Waals surface area (Å²) in [5.41, 5.74) is 3.71. The van der Waals surface area contributed by atoms with Crippen molar-refractivity contribution in [2.24, 2.45) is 7.05 Å². The largest absolute Gasteiger partial charge is 0.375 e. The molecule has 1 aliphatic heterocycles. The zero-order valence-corrected chi connectivity index (χ0v) is 17.6. The van der Waals surface area contributed by atoms with Crippen LogP contribution in [0.15, 0.2) is 67.1 Å². The molecule has 1 amide bonds. The Kier molecular flexibility index (Phi) is 5.78. The maximum atomic E-state index is 11.8. The Morgan fingerprint density at radius 1 is 1.23 bits per heavy atom. The van der Waals surface area contributed by atoms with Crippen LogP contribution in [0.4, 0.5) is 11.4 Å². The number of ether oxygens (including phenoxy) is 1. The molecule has 0 saturated carbocycles. The maximum absolute atomic E-state index is 11.8. The van der Waals surface area contributed by atoms with Gasteiger partial charge >= 0.3 is 0 Å². The molecule has 8 heteroatoms. The van der Waals surface area contributed by atoms with Gasteiger partial charge in [-0.1, -0.05) is 6.07 Å². The molecule has 7 nitrogen and oxygen atoms in total. The zero-order valence-electron chi connectivity index (χ0n) is 16.8. The van der Waals surface area contributed by atoms with Gasteiger partial charge in [-0.25, -0.2) is 0 Å². The molecule has 2 aromatic heterocycles. The van der Waals surface area contributed by atoms with E-state index in [0.29, 0.717) is 10.8 Å². The quantitative estimate of drug-likeness (QED) is 0.596. The summed E-state index contributed by atoms with van der Waals surface area (Å²) in [6.07, 6.45) is 5.92. The standard InChI is InChI=1S/C22H23N5O2S/c1-26-12-10-15(13-26)21-20(18-5-3-4-11-23-18)25-22(30)27(21)17-8-6-16(7-9-17)24-19(28)14-29-2/h3-13,20-21H,14H2,1-2H3,(H,24,28)(H,25,30)/t20-,21+/m1/s1. The molecule has 1 aromatic carbocycles. The van der Waals surface area contributed by atoms with Gasteiger partial charge in [0, 0.05) is 44.1 Å². The maximum Gasteiger partial charge on any atom is 0.250 e. The van der Waals surface area contributed by atoms with Crippen molar-refractivity contribution in [3.05, 3.63) is 78.4 Å². The van der Waals surface area contributed by atoms with Crippen LogP contribution in [-0.4, -0.2) is 34.3 Å². The van der Waals surface area contributed by atoms with Crippen molar-refractivity contribution in [2.45, 2.75) is 12.1 Å². The number of thiocarbonyl (C=S) groups is 1. The fourth-order valence-electron chi connectivity index (χ4n) is 3.71. The average molecular weight is 422 g/mol. The summed E-state index contributed by atoms with van der Waals surface area (Å²) in [4.78, 5) is 18.4. The molecule has 3 aromatic rings. The molecule has 4 rings (SSSR count). The first-order valence-electron chi connectivity index (χ1n) is 9.58. The van der Waals surface area contributed by atoms with Crippen LogP contribution in [0.5, 0.6) is 0 Å². The smallest absolute Gasteiger partial charge is 0.250 e. The number of nitrogens with zero attached hydrogens (tertiary/aromatic N) is 3. The van der Waals surface area contributed by atoms with E-state index in [2.05, 4.69) is 32.8 Å². The summed E-state index contributed by atoms with van der Waals surface area (Å²) in [6, 6.07) is 15.5. The molecule has 1 aliphatic rings. The lowest BCUT2D eigenvalue weighted by molar-refractivity contribution is -0.119. The second-order valence-electron chi connectivity index (χ2n) is 7.13. The highest BCUT2D eigenvalue weighted by Crippen LogP contribution is 2.41. The molecule has 154 valence electrons.